The Hall–Kier alpha value is -3.09. The fraction of sp³-hybridized carbons (Fsp3) is 0.500. The maximum Gasteiger partial charge on any atom is 0.471 e. The van der Waals surface area contributed by atoms with Crippen molar-refractivity contribution in [1.82, 2.24) is 20.4 Å². The second-order valence-corrected chi connectivity index (χ2v) is 8.29. The number of hydrogen-bond donors (Lipinski definition) is 1. The van der Waals surface area contributed by atoms with E-state index in [-0.39, 0.29) is 30.1 Å². The normalized spacial score (nSPS) is 26.3. The van der Waals surface area contributed by atoms with Crippen LogP contribution in [-0.4, -0.2) is 58.1 Å². The summed E-state index contributed by atoms with van der Waals surface area (Å²) in [4.78, 5) is 30.1. The minimum Gasteiger partial charge on any atom is -0.379 e. The molecule has 2 fully saturated rings. The van der Waals surface area contributed by atoms with Crippen LogP contribution in [0.3, 0.4) is 0 Å². The Balaban J connectivity index is 1.34. The zero-order valence-electron chi connectivity index (χ0n) is 16.9. The lowest BCUT2D eigenvalue weighted by molar-refractivity contribution is -0.159. The number of hydrogen-bond acceptors (Lipinski definition) is 6. The first-order valence-electron chi connectivity index (χ1n) is 10.2. The molecule has 8 nitrogen and oxygen atoms in total. The summed E-state index contributed by atoms with van der Waals surface area (Å²) in [5.41, 5.74) is 1.03. The Morgan fingerprint density at radius 1 is 1.27 bits per heavy atom. The number of ether oxygens (including phenoxy) is 1. The average molecular weight is 472 g/mol. The van der Waals surface area contributed by atoms with E-state index in [0.717, 1.165) is 0 Å². The molecule has 1 aromatic heterocycles. The summed E-state index contributed by atoms with van der Waals surface area (Å²) in [6.07, 6.45) is -4.93. The number of carbonyl (C=O) groups is 2. The summed E-state index contributed by atoms with van der Waals surface area (Å²) in [6.45, 7) is 0.591. The summed E-state index contributed by atoms with van der Waals surface area (Å²) in [5.74, 6) is -7.33. The molecule has 0 radical (unpaired) electrons. The van der Waals surface area contributed by atoms with Gasteiger partial charge in [0.15, 0.2) is 0 Å². The van der Waals surface area contributed by atoms with E-state index in [4.69, 9.17) is 4.74 Å². The highest BCUT2D eigenvalue weighted by molar-refractivity contribution is 5.99. The molecule has 3 atom stereocenters. The molecule has 33 heavy (non-hydrogen) atoms. The van der Waals surface area contributed by atoms with Gasteiger partial charge in [0.25, 0.3) is 11.8 Å². The van der Waals surface area contributed by atoms with Gasteiger partial charge in [-0.2, -0.15) is 18.2 Å². The lowest BCUT2D eigenvalue weighted by Crippen LogP contribution is -2.57. The number of amides is 2. The molecule has 3 heterocycles. The largest absolute Gasteiger partial charge is 0.471 e. The Bertz CT molecular complexity index is 1120. The fourth-order valence-corrected chi connectivity index (χ4v) is 4.17. The molecule has 176 valence electrons. The van der Waals surface area contributed by atoms with Crippen LogP contribution in [0.1, 0.15) is 34.7 Å². The fourth-order valence-electron chi connectivity index (χ4n) is 4.17. The molecular weight excluding hydrogens is 455 g/mol. The van der Waals surface area contributed by atoms with Crippen LogP contribution in [0, 0.1) is 5.92 Å². The Labute approximate surface area is 183 Å². The highest BCUT2D eigenvalue weighted by Crippen LogP contribution is 2.48. The predicted molar refractivity (Wildman–Crippen MR) is 98.8 cm³/mol. The number of benzene rings is 1. The van der Waals surface area contributed by atoms with Crippen LogP contribution in [0.5, 0.6) is 0 Å². The van der Waals surface area contributed by atoms with Crippen molar-refractivity contribution in [2.45, 2.75) is 43.6 Å². The number of carbonyl (C=O) groups excluding carboxylic acids is 2. The molecule has 3 aliphatic rings. The van der Waals surface area contributed by atoms with E-state index in [2.05, 4.69) is 20.0 Å². The highest BCUT2D eigenvalue weighted by atomic mass is 19.4. The van der Waals surface area contributed by atoms with E-state index in [1.54, 1.807) is 6.07 Å². The molecule has 5 rings (SSSR count). The maximum absolute atomic E-state index is 13.3. The molecule has 1 aliphatic carbocycles. The Morgan fingerprint density at radius 2 is 2.03 bits per heavy atom. The van der Waals surface area contributed by atoms with E-state index in [9.17, 15) is 31.5 Å². The number of nitrogens with zero attached hydrogens (tertiary/aromatic N) is 3. The van der Waals surface area contributed by atoms with Gasteiger partial charge in [0.2, 0.25) is 11.7 Å². The lowest BCUT2D eigenvalue weighted by atomic mass is 10.0. The third-order valence-corrected chi connectivity index (χ3v) is 6.07. The number of aromatic nitrogens is 2. The third-order valence-electron chi connectivity index (χ3n) is 6.07. The molecule has 2 amide bonds. The molecule has 1 saturated heterocycles. The minimum atomic E-state index is -4.79. The van der Waals surface area contributed by atoms with Gasteiger partial charge in [-0.25, -0.2) is 8.78 Å². The van der Waals surface area contributed by atoms with Gasteiger partial charge < -0.3 is 19.5 Å². The van der Waals surface area contributed by atoms with Gasteiger partial charge in [0, 0.05) is 30.7 Å². The van der Waals surface area contributed by atoms with Crippen molar-refractivity contribution >= 4 is 11.8 Å². The zero-order valence-corrected chi connectivity index (χ0v) is 16.9. The van der Waals surface area contributed by atoms with E-state index in [1.807, 2.05) is 0 Å². The number of halogens is 5. The molecule has 2 aliphatic heterocycles. The van der Waals surface area contributed by atoms with Crippen LogP contribution in [0.25, 0.3) is 11.4 Å². The smallest absolute Gasteiger partial charge is 0.379 e. The van der Waals surface area contributed by atoms with Gasteiger partial charge in [0.05, 0.1) is 18.7 Å². The monoisotopic (exact) mass is 472 g/mol. The molecule has 0 bridgehead atoms. The van der Waals surface area contributed by atoms with Gasteiger partial charge in [-0.3, -0.25) is 9.59 Å². The van der Waals surface area contributed by atoms with Crippen molar-refractivity contribution < 1.29 is 40.8 Å². The van der Waals surface area contributed by atoms with Crippen LogP contribution in [0.4, 0.5) is 22.0 Å². The maximum atomic E-state index is 13.3. The summed E-state index contributed by atoms with van der Waals surface area (Å²) >= 11 is 0. The first kappa shape index (κ1) is 21.7. The number of fused-ring (bicyclic) bond motifs is 1. The van der Waals surface area contributed by atoms with Crippen molar-refractivity contribution in [1.29, 1.82) is 0 Å². The number of nitrogens with one attached hydrogen (secondary N) is 1. The Kier molecular flexibility index (Phi) is 4.92. The SMILES string of the molecule is O=C(N[C@@H]1CCOC[C@H]1N1Cc2ccc(-c3noc(C(F)(F)F)n3)cc2C1=O)[C@H]1CC1(F)F. The molecule has 13 heteroatoms. The second kappa shape index (κ2) is 7.47. The summed E-state index contributed by atoms with van der Waals surface area (Å²) in [7, 11) is 0. The van der Waals surface area contributed by atoms with Crippen LogP contribution >= 0.6 is 0 Å². The first-order chi connectivity index (χ1) is 15.5. The topological polar surface area (TPSA) is 97.6 Å². The molecule has 0 unspecified atom stereocenters. The van der Waals surface area contributed by atoms with Gasteiger partial charge in [0.1, 0.15) is 5.92 Å². The van der Waals surface area contributed by atoms with Gasteiger partial charge >= 0.3 is 12.1 Å². The van der Waals surface area contributed by atoms with Crippen LogP contribution in [-0.2, 0) is 22.3 Å². The molecule has 1 N–H and O–H groups in total. The molecular formula is C20H17F5N4O4. The lowest BCUT2D eigenvalue weighted by Gasteiger charge is -2.38. The van der Waals surface area contributed by atoms with Crippen LogP contribution in [0.15, 0.2) is 22.7 Å². The molecule has 1 aromatic carbocycles. The van der Waals surface area contributed by atoms with Crippen molar-refractivity contribution in [3.05, 3.63) is 35.2 Å². The minimum absolute atomic E-state index is 0.110. The van der Waals surface area contributed by atoms with Crippen LogP contribution in [0.2, 0.25) is 0 Å². The Morgan fingerprint density at radius 3 is 2.70 bits per heavy atom. The van der Waals surface area contributed by atoms with E-state index < -0.39 is 54.2 Å². The zero-order chi connectivity index (χ0) is 23.5. The van der Waals surface area contributed by atoms with Crippen molar-refractivity contribution in [3.63, 3.8) is 0 Å². The average Bonchev–Trinajstić information content (AvgIpc) is 3.09. The van der Waals surface area contributed by atoms with Crippen molar-refractivity contribution in [2.24, 2.45) is 5.92 Å². The van der Waals surface area contributed by atoms with Crippen molar-refractivity contribution in [3.8, 4) is 11.4 Å². The van der Waals surface area contributed by atoms with Gasteiger partial charge in [-0.15, -0.1) is 0 Å². The highest BCUT2D eigenvalue weighted by Gasteiger charge is 2.61. The second-order valence-electron chi connectivity index (χ2n) is 8.29. The van der Waals surface area contributed by atoms with Gasteiger partial charge in [-0.1, -0.05) is 17.3 Å². The standard InChI is InChI=1S/C20H17F5N4O4/c21-19(22)6-12(19)16(30)26-13-3-4-32-8-14(13)29-7-10-2-1-9(5-11(10)17(29)31)15-27-18(33-28-15)20(23,24)25/h1-2,5,12-14H,3-4,6-8H2,(H,26,30)/t12-,13-,14-/m1/s1. The molecule has 2 aromatic rings. The van der Waals surface area contributed by atoms with E-state index in [0.29, 0.717) is 18.6 Å². The quantitative estimate of drug-likeness (QED) is 0.688. The third kappa shape index (κ3) is 3.94. The van der Waals surface area contributed by atoms with Crippen molar-refractivity contribution in [2.75, 3.05) is 13.2 Å². The van der Waals surface area contributed by atoms with E-state index in [1.165, 1.54) is 17.0 Å². The predicted octanol–water partition coefficient (Wildman–Crippen LogP) is 2.64. The van der Waals surface area contributed by atoms with Gasteiger partial charge in [-0.05, 0) is 18.1 Å². The van der Waals surface area contributed by atoms with E-state index >= 15 is 0 Å². The summed E-state index contributed by atoms with van der Waals surface area (Å²) < 4.78 is 74.4. The summed E-state index contributed by atoms with van der Waals surface area (Å²) in [5, 5.41) is 5.96. The molecule has 1 saturated carbocycles. The molecule has 0 spiro atoms. The summed E-state index contributed by atoms with van der Waals surface area (Å²) in [6, 6.07) is 3.29. The van der Waals surface area contributed by atoms with Crippen LogP contribution < -0.4 is 5.32 Å². The number of rotatable bonds is 4. The first-order valence-corrected chi connectivity index (χ1v) is 10.2. The number of alkyl halides is 5.